The van der Waals surface area contributed by atoms with E-state index in [0.717, 1.165) is 17.7 Å². The largest absolute Gasteiger partial charge is 0.357 e. The van der Waals surface area contributed by atoms with Gasteiger partial charge in [-0.05, 0) is 25.2 Å². The smallest absolute Gasteiger partial charge is 0.229 e. The Hall–Kier alpha value is -1.39. The van der Waals surface area contributed by atoms with Crippen molar-refractivity contribution >= 4 is 11.9 Å². The van der Waals surface area contributed by atoms with Crippen molar-refractivity contribution in [3.8, 4) is 0 Å². The van der Waals surface area contributed by atoms with Crippen LogP contribution in [-0.2, 0) is 0 Å². The summed E-state index contributed by atoms with van der Waals surface area (Å²) in [4.78, 5) is 15.3. The van der Waals surface area contributed by atoms with E-state index in [2.05, 4.69) is 27.2 Å². The van der Waals surface area contributed by atoms with Crippen molar-refractivity contribution < 1.29 is 0 Å². The predicted octanol–water partition coefficient (Wildman–Crippen LogP) is 1.88. The van der Waals surface area contributed by atoms with E-state index in [0.29, 0.717) is 11.9 Å². The first-order valence-electron chi connectivity index (χ1n) is 6.21. The van der Waals surface area contributed by atoms with Crippen LogP contribution >= 0.6 is 0 Å². The van der Waals surface area contributed by atoms with Gasteiger partial charge in [0.05, 0.1) is 0 Å². The highest BCUT2D eigenvalue weighted by Crippen LogP contribution is 2.36. The highest BCUT2D eigenvalue weighted by atomic mass is 15.3. The van der Waals surface area contributed by atoms with E-state index in [4.69, 9.17) is 0 Å². The maximum atomic E-state index is 4.56. The Kier molecular flexibility index (Phi) is 3.45. The molecule has 0 saturated heterocycles. The van der Waals surface area contributed by atoms with Crippen LogP contribution in [0.5, 0.6) is 0 Å². The van der Waals surface area contributed by atoms with Crippen LogP contribution in [0.1, 0.15) is 37.9 Å². The van der Waals surface area contributed by atoms with Crippen LogP contribution in [0.15, 0.2) is 0 Å². The van der Waals surface area contributed by atoms with Gasteiger partial charge in [-0.3, -0.25) is 0 Å². The number of nitrogens with zero attached hydrogens (tertiary/aromatic N) is 4. The summed E-state index contributed by atoms with van der Waals surface area (Å²) in [6, 6.07) is 0. The van der Waals surface area contributed by atoms with Gasteiger partial charge in [0.1, 0.15) is 5.82 Å². The zero-order chi connectivity index (χ0) is 12.4. The van der Waals surface area contributed by atoms with Crippen LogP contribution in [0.4, 0.5) is 11.9 Å². The third-order valence-corrected chi connectivity index (χ3v) is 3.32. The molecule has 0 bridgehead atoms. The molecule has 0 aliphatic heterocycles. The lowest BCUT2D eigenvalue weighted by Crippen LogP contribution is -2.17. The fourth-order valence-corrected chi connectivity index (χ4v) is 2.32. The van der Waals surface area contributed by atoms with Gasteiger partial charge < -0.3 is 10.2 Å². The standard InChI is InChI=1S/C12H21N5/c1-8-5-6-9(7-8)10-14-11(13-2)16-12(15-10)17(3)4/h8-9H,5-7H2,1-4H3,(H,13,14,15,16). The fourth-order valence-electron chi connectivity index (χ4n) is 2.32. The molecule has 0 aromatic carbocycles. The lowest BCUT2D eigenvalue weighted by Gasteiger charge is -2.15. The van der Waals surface area contributed by atoms with E-state index in [1.165, 1.54) is 19.3 Å². The zero-order valence-corrected chi connectivity index (χ0v) is 11.1. The quantitative estimate of drug-likeness (QED) is 0.867. The summed E-state index contributed by atoms with van der Waals surface area (Å²) in [7, 11) is 5.75. The Bertz CT molecular complexity index is 390. The lowest BCUT2D eigenvalue weighted by molar-refractivity contribution is 0.584. The first kappa shape index (κ1) is 12.1. The maximum absolute atomic E-state index is 4.56. The van der Waals surface area contributed by atoms with Gasteiger partial charge in [0, 0.05) is 27.1 Å². The van der Waals surface area contributed by atoms with Crippen molar-refractivity contribution in [3.05, 3.63) is 5.82 Å². The van der Waals surface area contributed by atoms with E-state index >= 15 is 0 Å². The van der Waals surface area contributed by atoms with Gasteiger partial charge in [0.25, 0.3) is 0 Å². The molecule has 0 amide bonds. The Balaban J connectivity index is 2.29. The average molecular weight is 235 g/mol. The summed E-state index contributed by atoms with van der Waals surface area (Å²) in [6.45, 7) is 2.30. The molecule has 2 unspecified atom stereocenters. The first-order chi connectivity index (χ1) is 8.10. The molecule has 1 aromatic heterocycles. The van der Waals surface area contributed by atoms with Crippen LogP contribution in [-0.4, -0.2) is 36.1 Å². The molecule has 1 fully saturated rings. The molecule has 1 aromatic rings. The second kappa shape index (κ2) is 4.85. The summed E-state index contributed by atoms with van der Waals surface area (Å²) in [5.74, 6) is 3.63. The summed E-state index contributed by atoms with van der Waals surface area (Å²) >= 11 is 0. The number of aromatic nitrogens is 3. The van der Waals surface area contributed by atoms with Gasteiger partial charge >= 0.3 is 0 Å². The van der Waals surface area contributed by atoms with Crippen molar-refractivity contribution in [1.82, 2.24) is 15.0 Å². The molecular formula is C12H21N5. The third-order valence-electron chi connectivity index (χ3n) is 3.32. The normalized spacial score (nSPS) is 23.8. The Morgan fingerprint density at radius 1 is 1.18 bits per heavy atom. The summed E-state index contributed by atoms with van der Waals surface area (Å²) in [6.07, 6.45) is 3.67. The Morgan fingerprint density at radius 3 is 2.47 bits per heavy atom. The van der Waals surface area contributed by atoms with Crippen LogP contribution in [0.25, 0.3) is 0 Å². The molecule has 0 radical (unpaired) electrons. The molecule has 1 N–H and O–H groups in total. The molecule has 1 saturated carbocycles. The van der Waals surface area contributed by atoms with E-state index in [9.17, 15) is 0 Å². The van der Waals surface area contributed by atoms with Crippen LogP contribution < -0.4 is 10.2 Å². The lowest BCUT2D eigenvalue weighted by atomic mass is 10.1. The monoisotopic (exact) mass is 235 g/mol. The van der Waals surface area contributed by atoms with Crippen molar-refractivity contribution in [2.24, 2.45) is 5.92 Å². The zero-order valence-electron chi connectivity index (χ0n) is 11.1. The SMILES string of the molecule is CNc1nc(C2CCC(C)C2)nc(N(C)C)n1. The van der Waals surface area contributed by atoms with Gasteiger partial charge in [-0.25, -0.2) is 0 Å². The van der Waals surface area contributed by atoms with Crippen molar-refractivity contribution in [2.45, 2.75) is 32.1 Å². The minimum absolute atomic E-state index is 0.499. The molecule has 17 heavy (non-hydrogen) atoms. The Labute approximate surface area is 103 Å². The minimum atomic E-state index is 0.499. The van der Waals surface area contributed by atoms with Gasteiger partial charge in [0.2, 0.25) is 11.9 Å². The Morgan fingerprint density at radius 2 is 1.94 bits per heavy atom. The van der Waals surface area contributed by atoms with Gasteiger partial charge in [-0.2, -0.15) is 15.0 Å². The van der Waals surface area contributed by atoms with Crippen molar-refractivity contribution in [3.63, 3.8) is 0 Å². The van der Waals surface area contributed by atoms with E-state index < -0.39 is 0 Å². The van der Waals surface area contributed by atoms with E-state index in [1.807, 2.05) is 26.0 Å². The third kappa shape index (κ3) is 2.65. The van der Waals surface area contributed by atoms with Gasteiger partial charge in [0.15, 0.2) is 0 Å². The highest BCUT2D eigenvalue weighted by Gasteiger charge is 2.26. The number of rotatable bonds is 3. The molecule has 5 heteroatoms. The molecule has 1 heterocycles. The van der Waals surface area contributed by atoms with Crippen molar-refractivity contribution in [1.29, 1.82) is 0 Å². The minimum Gasteiger partial charge on any atom is -0.357 e. The number of nitrogens with one attached hydrogen (secondary N) is 1. The van der Waals surface area contributed by atoms with Crippen molar-refractivity contribution in [2.75, 3.05) is 31.4 Å². The summed E-state index contributed by atoms with van der Waals surface area (Å²) in [5, 5.41) is 3.01. The topological polar surface area (TPSA) is 53.9 Å². The van der Waals surface area contributed by atoms with Crippen LogP contribution in [0.3, 0.4) is 0 Å². The molecule has 2 atom stereocenters. The molecule has 5 nitrogen and oxygen atoms in total. The van der Waals surface area contributed by atoms with Gasteiger partial charge in [-0.15, -0.1) is 0 Å². The second-order valence-electron chi connectivity index (χ2n) is 5.08. The molecule has 1 aliphatic carbocycles. The average Bonchev–Trinajstić information content (AvgIpc) is 2.75. The predicted molar refractivity (Wildman–Crippen MR) is 69.5 cm³/mol. The molecule has 94 valence electrons. The van der Waals surface area contributed by atoms with E-state index in [1.54, 1.807) is 0 Å². The first-order valence-corrected chi connectivity index (χ1v) is 6.21. The number of anilines is 2. The molecule has 1 aliphatic rings. The molecule has 2 rings (SSSR count). The van der Waals surface area contributed by atoms with Crippen LogP contribution in [0.2, 0.25) is 0 Å². The molecular weight excluding hydrogens is 214 g/mol. The van der Waals surface area contributed by atoms with E-state index in [-0.39, 0.29) is 0 Å². The van der Waals surface area contributed by atoms with Crippen LogP contribution in [0, 0.1) is 5.92 Å². The summed E-state index contributed by atoms with van der Waals surface area (Å²) < 4.78 is 0. The second-order valence-corrected chi connectivity index (χ2v) is 5.08. The summed E-state index contributed by atoms with van der Waals surface area (Å²) in [5.41, 5.74) is 0. The van der Waals surface area contributed by atoms with Gasteiger partial charge in [-0.1, -0.05) is 6.92 Å². The number of hydrogen-bond donors (Lipinski definition) is 1. The molecule has 0 spiro atoms. The maximum Gasteiger partial charge on any atom is 0.229 e. The highest BCUT2D eigenvalue weighted by molar-refractivity contribution is 5.35. The number of hydrogen-bond acceptors (Lipinski definition) is 5. The fraction of sp³-hybridized carbons (Fsp3) is 0.750.